The Balaban J connectivity index is 1.91. The van der Waals surface area contributed by atoms with Crippen LogP contribution < -0.4 is 15.6 Å². The molecular weight excluding hydrogens is 296 g/mol. The lowest BCUT2D eigenvalue weighted by molar-refractivity contribution is -0.0498. The number of hydrazine groups is 1. The molecule has 0 bridgehead atoms. The number of hydrogen-bond acceptors (Lipinski definition) is 4. The molecule has 0 saturated carbocycles. The first kappa shape index (κ1) is 15.4. The van der Waals surface area contributed by atoms with Gasteiger partial charge in [-0.2, -0.15) is 8.78 Å². The van der Waals surface area contributed by atoms with Crippen LogP contribution in [0.4, 0.5) is 8.78 Å². The summed E-state index contributed by atoms with van der Waals surface area (Å²) in [6.45, 7) is -2.93. The Kier molecular flexibility index (Phi) is 4.97. The molecule has 6 nitrogen and oxygen atoms in total. The van der Waals surface area contributed by atoms with Crippen molar-refractivity contribution in [2.45, 2.75) is 6.61 Å². The molecule has 0 unspecified atom stereocenters. The lowest BCUT2D eigenvalue weighted by Crippen LogP contribution is -2.41. The summed E-state index contributed by atoms with van der Waals surface area (Å²) in [4.78, 5) is 27.3. The zero-order valence-electron chi connectivity index (χ0n) is 11.1. The highest BCUT2D eigenvalue weighted by molar-refractivity contribution is 5.98. The molecule has 1 aromatic carbocycles. The summed E-state index contributed by atoms with van der Waals surface area (Å²) >= 11 is 0. The van der Waals surface area contributed by atoms with E-state index in [1.807, 2.05) is 0 Å². The van der Waals surface area contributed by atoms with Gasteiger partial charge in [-0.3, -0.25) is 25.4 Å². The van der Waals surface area contributed by atoms with Crippen LogP contribution in [0.1, 0.15) is 20.8 Å². The van der Waals surface area contributed by atoms with Crippen molar-refractivity contribution in [3.8, 4) is 5.75 Å². The zero-order chi connectivity index (χ0) is 15.9. The number of ether oxygens (including phenoxy) is 1. The second-order valence-electron chi connectivity index (χ2n) is 4.03. The Hall–Kier alpha value is -3.03. The second-order valence-corrected chi connectivity index (χ2v) is 4.03. The van der Waals surface area contributed by atoms with Crippen molar-refractivity contribution in [3.63, 3.8) is 0 Å². The fourth-order valence-corrected chi connectivity index (χ4v) is 1.53. The minimum atomic E-state index is -2.93. The molecule has 114 valence electrons. The lowest BCUT2D eigenvalue weighted by Gasteiger charge is -2.08. The van der Waals surface area contributed by atoms with Crippen LogP contribution in [0.2, 0.25) is 0 Å². The van der Waals surface area contributed by atoms with Crippen molar-refractivity contribution < 1.29 is 23.1 Å². The smallest absolute Gasteiger partial charge is 0.387 e. The van der Waals surface area contributed by atoms with Crippen molar-refractivity contribution in [3.05, 3.63) is 59.9 Å². The van der Waals surface area contributed by atoms with Crippen LogP contribution in [0.15, 0.2) is 48.7 Å². The molecule has 0 fully saturated rings. The molecule has 0 saturated heterocycles. The van der Waals surface area contributed by atoms with Crippen molar-refractivity contribution in [1.82, 2.24) is 15.8 Å². The summed E-state index contributed by atoms with van der Waals surface area (Å²) in [5, 5.41) is 0. The molecule has 2 N–H and O–H groups in total. The van der Waals surface area contributed by atoms with Crippen LogP contribution in [0.5, 0.6) is 5.75 Å². The van der Waals surface area contributed by atoms with Crippen LogP contribution in [-0.4, -0.2) is 23.4 Å². The third-order valence-corrected chi connectivity index (χ3v) is 2.53. The van der Waals surface area contributed by atoms with E-state index in [9.17, 15) is 18.4 Å². The second kappa shape index (κ2) is 7.11. The average molecular weight is 307 g/mol. The maximum absolute atomic E-state index is 12.0. The number of rotatable bonds is 4. The minimum absolute atomic E-state index is 0.0657. The SMILES string of the molecule is O=C(NNC(=O)c1ccccn1)c1ccc(OC(F)F)cc1. The summed E-state index contributed by atoms with van der Waals surface area (Å²) in [6.07, 6.45) is 1.44. The van der Waals surface area contributed by atoms with Gasteiger partial charge in [0.2, 0.25) is 0 Å². The van der Waals surface area contributed by atoms with Gasteiger partial charge in [-0.1, -0.05) is 6.07 Å². The predicted molar refractivity (Wildman–Crippen MR) is 72.2 cm³/mol. The Bertz CT molecular complexity index is 648. The predicted octanol–water partition coefficient (Wildman–Crippen LogP) is 1.76. The molecule has 2 aromatic rings. The number of aromatic nitrogens is 1. The number of alkyl halides is 2. The van der Waals surface area contributed by atoms with E-state index < -0.39 is 18.4 Å². The summed E-state index contributed by atoms with van der Waals surface area (Å²) in [5.41, 5.74) is 4.69. The first-order valence-corrected chi connectivity index (χ1v) is 6.13. The highest BCUT2D eigenvalue weighted by Crippen LogP contribution is 2.14. The van der Waals surface area contributed by atoms with Gasteiger partial charge in [0.1, 0.15) is 11.4 Å². The number of nitrogens with zero attached hydrogens (tertiary/aromatic N) is 1. The van der Waals surface area contributed by atoms with Gasteiger partial charge in [-0.05, 0) is 36.4 Å². The summed E-state index contributed by atoms with van der Waals surface area (Å²) in [6, 6.07) is 9.80. The average Bonchev–Trinajstić information content (AvgIpc) is 2.53. The number of nitrogens with one attached hydrogen (secondary N) is 2. The summed E-state index contributed by atoms with van der Waals surface area (Å²) < 4.78 is 28.2. The Morgan fingerprint density at radius 2 is 1.68 bits per heavy atom. The summed E-state index contributed by atoms with van der Waals surface area (Å²) in [7, 11) is 0. The highest BCUT2D eigenvalue weighted by atomic mass is 19.3. The van der Waals surface area contributed by atoms with Crippen molar-refractivity contribution in [2.24, 2.45) is 0 Å². The fourth-order valence-electron chi connectivity index (χ4n) is 1.53. The monoisotopic (exact) mass is 307 g/mol. The van der Waals surface area contributed by atoms with Gasteiger partial charge in [0.15, 0.2) is 0 Å². The first-order chi connectivity index (χ1) is 10.6. The van der Waals surface area contributed by atoms with E-state index in [1.165, 1.54) is 36.5 Å². The van der Waals surface area contributed by atoms with E-state index in [0.717, 1.165) is 0 Å². The van der Waals surface area contributed by atoms with Crippen LogP contribution in [0, 0.1) is 0 Å². The molecule has 0 radical (unpaired) electrons. The molecule has 8 heteroatoms. The van der Waals surface area contributed by atoms with Gasteiger partial charge in [0, 0.05) is 11.8 Å². The molecule has 0 aliphatic heterocycles. The van der Waals surface area contributed by atoms with Gasteiger partial charge in [0.05, 0.1) is 0 Å². The largest absolute Gasteiger partial charge is 0.435 e. The Morgan fingerprint density at radius 3 is 2.27 bits per heavy atom. The van der Waals surface area contributed by atoms with Gasteiger partial charge in [-0.15, -0.1) is 0 Å². The van der Waals surface area contributed by atoms with Crippen LogP contribution in [0.25, 0.3) is 0 Å². The maximum Gasteiger partial charge on any atom is 0.387 e. The van der Waals surface area contributed by atoms with E-state index in [0.29, 0.717) is 0 Å². The van der Waals surface area contributed by atoms with Gasteiger partial charge >= 0.3 is 6.61 Å². The van der Waals surface area contributed by atoms with Crippen molar-refractivity contribution in [1.29, 1.82) is 0 Å². The molecule has 1 heterocycles. The third kappa shape index (κ3) is 4.23. The zero-order valence-corrected chi connectivity index (χ0v) is 11.1. The number of carbonyl (C=O) groups is 2. The van der Waals surface area contributed by atoms with Crippen molar-refractivity contribution in [2.75, 3.05) is 0 Å². The molecule has 22 heavy (non-hydrogen) atoms. The van der Waals surface area contributed by atoms with Gasteiger partial charge in [-0.25, -0.2) is 0 Å². The summed E-state index contributed by atoms with van der Waals surface area (Å²) in [5.74, 6) is -1.25. The topological polar surface area (TPSA) is 80.3 Å². The van der Waals surface area contributed by atoms with E-state index in [2.05, 4.69) is 20.6 Å². The maximum atomic E-state index is 12.0. The van der Waals surface area contributed by atoms with Gasteiger partial charge < -0.3 is 4.74 Å². The minimum Gasteiger partial charge on any atom is -0.435 e. The number of pyridine rings is 1. The molecule has 2 rings (SSSR count). The quantitative estimate of drug-likeness (QED) is 0.843. The third-order valence-electron chi connectivity index (χ3n) is 2.53. The Morgan fingerprint density at radius 1 is 1.00 bits per heavy atom. The number of halogens is 2. The molecule has 2 amide bonds. The first-order valence-electron chi connectivity index (χ1n) is 6.13. The molecule has 0 aliphatic carbocycles. The molecule has 0 atom stereocenters. The van der Waals surface area contributed by atoms with Crippen LogP contribution >= 0.6 is 0 Å². The molecular formula is C14H11F2N3O3. The lowest BCUT2D eigenvalue weighted by atomic mass is 10.2. The number of benzene rings is 1. The van der Waals surface area contributed by atoms with Gasteiger partial charge in [0.25, 0.3) is 11.8 Å². The van der Waals surface area contributed by atoms with E-state index in [4.69, 9.17) is 0 Å². The number of hydrogen-bond donors (Lipinski definition) is 2. The number of amides is 2. The molecule has 1 aromatic heterocycles. The molecule has 0 spiro atoms. The van der Waals surface area contributed by atoms with E-state index in [-0.39, 0.29) is 17.0 Å². The fraction of sp³-hybridized carbons (Fsp3) is 0.0714. The van der Waals surface area contributed by atoms with Crippen molar-refractivity contribution >= 4 is 11.8 Å². The molecule has 0 aliphatic rings. The van der Waals surface area contributed by atoms with E-state index >= 15 is 0 Å². The normalized spacial score (nSPS) is 10.1. The van der Waals surface area contributed by atoms with Crippen LogP contribution in [0.3, 0.4) is 0 Å². The van der Waals surface area contributed by atoms with Crippen LogP contribution in [-0.2, 0) is 0 Å². The highest BCUT2D eigenvalue weighted by Gasteiger charge is 2.10. The Labute approximate surface area is 124 Å². The van der Waals surface area contributed by atoms with E-state index in [1.54, 1.807) is 12.1 Å². The number of carbonyl (C=O) groups excluding carboxylic acids is 2. The standard InChI is InChI=1S/C14H11F2N3O3/c15-14(16)22-10-6-4-9(5-7-10)12(20)18-19-13(21)11-3-1-2-8-17-11/h1-8,14H,(H,18,20)(H,19,21).